The van der Waals surface area contributed by atoms with Crippen molar-refractivity contribution in [2.75, 3.05) is 11.9 Å². The minimum absolute atomic E-state index is 0.669. The Hall–Kier alpha value is -1.63. The normalized spacial score (nSPS) is 15.7. The summed E-state index contributed by atoms with van der Waals surface area (Å²) in [6, 6.07) is 2.31. The van der Waals surface area contributed by atoms with E-state index < -0.39 is 0 Å². The van der Waals surface area contributed by atoms with Gasteiger partial charge < -0.3 is 5.32 Å². The zero-order valence-electron chi connectivity index (χ0n) is 13.3. The van der Waals surface area contributed by atoms with Crippen molar-refractivity contribution >= 4 is 5.82 Å². The number of aryl methyl sites for hydroxylation is 1. The minimum atomic E-state index is 0.669. The van der Waals surface area contributed by atoms with Crippen LogP contribution in [0.5, 0.6) is 0 Å². The van der Waals surface area contributed by atoms with E-state index in [0.717, 1.165) is 36.6 Å². The first kappa shape index (κ1) is 15.8. The highest BCUT2D eigenvalue weighted by Gasteiger charge is 2.16. The minimum Gasteiger partial charge on any atom is -0.367 e. The van der Waals surface area contributed by atoms with Crippen LogP contribution in [0, 0.1) is 17.2 Å². The number of hydrogen-bond acceptors (Lipinski definition) is 4. The number of hydrogen-bond donors (Lipinski definition) is 1. The fraction of sp³-hybridized carbons (Fsp3) is 0.706. The van der Waals surface area contributed by atoms with Crippen LogP contribution in [-0.2, 0) is 12.8 Å². The molecule has 0 unspecified atom stereocenters. The van der Waals surface area contributed by atoms with Gasteiger partial charge in [-0.25, -0.2) is 0 Å². The zero-order chi connectivity index (χ0) is 15.1. The van der Waals surface area contributed by atoms with Crippen molar-refractivity contribution in [1.29, 1.82) is 5.26 Å². The molecule has 1 aromatic heterocycles. The average Bonchev–Trinajstić information content (AvgIpc) is 2.55. The van der Waals surface area contributed by atoms with Crippen LogP contribution in [-0.4, -0.2) is 16.7 Å². The topological polar surface area (TPSA) is 61.6 Å². The van der Waals surface area contributed by atoms with Crippen molar-refractivity contribution in [3.05, 3.63) is 16.8 Å². The van der Waals surface area contributed by atoms with Crippen molar-refractivity contribution in [2.45, 2.75) is 65.2 Å². The van der Waals surface area contributed by atoms with Gasteiger partial charge in [0.05, 0.1) is 5.69 Å². The van der Waals surface area contributed by atoms with E-state index in [1.54, 1.807) is 0 Å². The molecule has 1 aliphatic rings. The molecule has 114 valence electrons. The van der Waals surface area contributed by atoms with Gasteiger partial charge >= 0.3 is 0 Å². The van der Waals surface area contributed by atoms with Crippen LogP contribution in [0.15, 0.2) is 0 Å². The van der Waals surface area contributed by atoms with Crippen LogP contribution in [0.2, 0.25) is 0 Å². The maximum absolute atomic E-state index is 9.44. The molecular weight excluding hydrogens is 260 g/mol. The fourth-order valence-electron chi connectivity index (χ4n) is 3.29. The Balaban J connectivity index is 2.00. The molecule has 0 atom stereocenters. The molecule has 0 amide bonds. The standard InChI is InChI=1S/C17H26N4/c1-3-14-15(12-18)17(21-20-16(14)4-2)19-11-10-13-8-6-5-7-9-13/h13H,3-11H2,1-2H3,(H,19,21). The van der Waals surface area contributed by atoms with Gasteiger partial charge in [-0.1, -0.05) is 46.0 Å². The molecule has 0 spiro atoms. The van der Waals surface area contributed by atoms with Gasteiger partial charge in [0.15, 0.2) is 5.82 Å². The SMILES string of the molecule is CCc1nnc(NCCC2CCCCC2)c(C#N)c1CC. The third kappa shape index (κ3) is 3.93. The maximum Gasteiger partial charge on any atom is 0.166 e. The molecule has 0 aromatic carbocycles. The Morgan fingerprint density at radius 1 is 1.14 bits per heavy atom. The molecule has 1 N–H and O–H groups in total. The number of nitriles is 1. The maximum atomic E-state index is 9.44. The Morgan fingerprint density at radius 2 is 1.90 bits per heavy atom. The number of nitrogens with one attached hydrogen (secondary N) is 1. The lowest BCUT2D eigenvalue weighted by atomic mass is 9.87. The van der Waals surface area contributed by atoms with Crippen LogP contribution in [0.1, 0.15) is 69.2 Å². The van der Waals surface area contributed by atoms with Crippen molar-refractivity contribution in [3.8, 4) is 6.07 Å². The summed E-state index contributed by atoms with van der Waals surface area (Å²) in [4.78, 5) is 0. The van der Waals surface area contributed by atoms with Crippen molar-refractivity contribution in [3.63, 3.8) is 0 Å². The highest BCUT2D eigenvalue weighted by Crippen LogP contribution is 2.26. The molecule has 0 saturated heterocycles. The molecule has 4 heteroatoms. The first-order valence-corrected chi connectivity index (χ1v) is 8.32. The largest absolute Gasteiger partial charge is 0.367 e. The summed E-state index contributed by atoms with van der Waals surface area (Å²) < 4.78 is 0. The molecule has 0 aliphatic heterocycles. The van der Waals surface area contributed by atoms with Crippen LogP contribution in [0.25, 0.3) is 0 Å². The second-order valence-electron chi connectivity index (χ2n) is 5.89. The van der Waals surface area contributed by atoms with Gasteiger partial charge in [-0.15, -0.1) is 5.10 Å². The summed E-state index contributed by atoms with van der Waals surface area (Å²) in [6.45, 7) is 5.02. The van der Waals surface area contributed by atoms with Crippen molar-refractivity contribution in [1.82, 2.24) is 10.2 Å². The van der Waals surface area contributed by atoms with Gasteiger partial charge in [0, 0.05) is 6.54 Å². The lowest BCUT2D eigenvalue weighted by Crippen LogP contribution is -2.15. The molecule has 0 bridgehead atoms. The summed E-state index contributed by atoms with van der Waals surface area (Å²) in [7, 11) is 0. The predicted molar refractivity (Wildman–Crippen MR) is 85.2 cm³/mol. The Labute approximate surface area is 128 Å². The molecule has 0 radical (unpaired) electrons. The highest BCUT2D eigenvalue weighted by atomic mass is 15.2. The molecule has 1 fully saturated rings. The van der Waals surface area contributed by atoms with Crippen LogP contribution in [0.3, 0.4) is 0 Å². The Bertz CT molecular complexity index is 498. The van der Waals surface area contributed by atoms with Crippen LogP contribution >= 0.6 is 0 Å². The van der Waals surface area contributed by atoms with E-state index >= 15 is 0 Å². The summed E-state index contributed by atoms with van der Waals surface area (Å²) in [6.07, 6.45) is 9.68. The van der Waals surface area contributed by atoms with Crippen LogP contribution in [0.4, 0.5) is 5.82 Å². The first-order valence-electron chi connectivity index (χ1n) is 8.32. The van der Waals surface area contributed by atoms with Crippen molar-refractivity contribution < 1.29 is 0 Å². The smallest absolute Gasteiger partial charge is 0.166 e. The van der Waals surface area contributed by atoms with E-state index in [1.165, 1.54) is 38.5 Å². The van der Waals surface area contributed by atoms with Gasteiger partial charge in [0.2, 0.25) is 0 Å². The van der Waals surface area contributed by atoms with E-state index in [4.69, 9.17) is 0 Å². The third-order valence-electron chi connectivity index (χ3n) is 4.53. The second-order valence-corrected chi connectivity index (χ2v) is 5.89. The van der Waals surface area contributed by atoms with Gasteiger partial charge in [-0.2, -0.15) is 10.4 Å². The molecule has 1 aromatic rings. The van der Waals surface area contributed by atoms with E-state index in [9.17, 15) is 5.26 Å². The molecule has 1 aliphatic carbocycles. The molecule has 1 heterocycles. The summed E-state index contributed by atoms with van der Waals surface area (Å²) >= 11 is 0. The van der Waals surface area contributed by atoms with Gasteiger partial charge in [0.25, 0.3) is 0 Å². The van der Waals surface area contributed by atoms with Gasteiger partial charge in [0.1, 0.15) is 11.6 Å². The zero-order valence-corrected chi connectivity index (χ0v) is 13.3. The Morgan fingerprint density at radius 3 is 2.52 bits per heavy atom. The molecular formula is C17H26N4. The lowest BCUT2D eigenvalue weighted by molar-refractivity contribution is 0.345. The van der Waals surface area contributed by atoms with E-state index in [0.29, 0.717) is 11.4 Å². The number of anilines is 1. The quantitative estimate of drug-likeness (QED) is 0.862. The van der Waals surface area contributed by atoms with Crippen molar-refractivity contribution in [2.24, 2.45) is 5.92 Å². The third-order valence-corrected chi connectivity index (χ3v) is 4.53. The second kappa shape index (κ2) is 7.97. The molecule has 2 rings (SSSR count). The predicted octanol–water partition coefficient (Wildman–Crippen LogP) is 3.86. The highest BCUT2D eigenvalue weighted by molar-refractivity contribution is 5.56. The van der Waals surface area contributed by atoms with E-state index in [-0.39, 0.29) is 0 Å². The summed E-state index contributed by atoms with van der Waals surface area (Å²) in [5.74, 6) is 1.51. The fourth-order valence-corrected chi connectivity index (χ4v) is 3.29. The lowest BCUT2D eigenvalue weighted by Gasteiger charge is -2.21. The molecule has 1 saturated carbocycles. The molecule has 4 nitrogen and oxygen atoms in total. The molecule has 21 heavy (non-hydrogen) atoms. The van der Waals surface area contributed by atoms with E-state index in [1.807, 2.05) is 0 Å². The van der Waals surface area contributed by atoms with Gasteiger partial charge in [-0.05, 0) is 30.7 Å². The Kier molecular flexibility index (Phi) is 5.98. The number of rotatable bonds is 6. The summed E-state index contributed by atoms with van der Waals surface area (Å²) in [5.41, 5.74) is 2.69. The number of aromatic nitrogens is 2. The average molecular weight is 286 g/mol. The first-order chi connectivity index (χ1) is 10.3. The number of nitrogens with zero attached hydrogens (tertiary/aromatic N) is 3. The summed E-state index contributed by atoms with van der Waals surface area (Å²) in [5, 5.41) is 21.3. The van der Waals surface area contributed by atoms with Crippen LogP contribution < -0.4 is 5.32 Å². The van der Waals surface area contributed by atoms with E-state index in [2.05, 4.69) is 35.4 Å². The van der Waals surface area contributed by atoms with Gasteiger partial charge in [-0.3, -0.25) is 0 Å². The monoisotopic (exact) mass is 286 g/mol.